The van der Waals surface area contributed by atoms with Gasteiger partial charge < -0.3 is 14.1 Å². The molecule has 11 rings (SSSR count). The van der Waals surface area contributed by atoms with Crippen molar-refractivity contribution >= 4 is 88.9 Å². The molecule has 276 valence electrons. The van der Waals surface area contributed by atoms with Gasteiger partial charge in [0.05, 0.1) is 45.6 Å². The van der Waals surface area contributed by atoms with Crippen molar-refractivity contribution in [2.24, 2.45) is 5.92 Å². The van der Waals surface area contributed by atoms with Crippen molar-refractivity contribution in [3.8, 4) is 23.5 Å². The van der Waals surface area contributed by atoms with Gasteiger partial charge in [0.1, 0.15) is 0 Å². The van der Waals surface area contributed by atoms with Crippen LogP contribution in [0.4, 0.5) is 0 Å². The third-order valence-electron chi connectivity index (χ3n) is 11.6. The molecule has 7 heteroatoms. The Morgan fingerprint density at radius 2 is 1.26 bits per heavy atom. The third-order valence-corrected chi connectivity index (χ3v) is 13.9. The first-order valence-corrected chi connectivity index (χ1v) is 21.3. The van der Waals surface area contributed by atoms with Gasteiger partial charge in [0, 0.05) is 81.1 Å². The van der Waals surface area contributed by atoms with Crippen LogP contribution in [0, 0.1) is 28.6 Å². The average molecular weight is 782 g/mol. The van der Waals surface area contributed by atoms with Crippen molar-refractivity contribution in [2.75, 3.05) is 0 Å². The van der Waals surface area contributed by atoms with Gasteiger partial charge in [0.15, 0.2) is 0 Å². The largest absolute Gasteiger partial charge is 0.354 e. The van der Waals surface area contributed by atoms with Crippen LogP contribution in [0.15, 0.2) is 178 Å². The molecule has 2 atom stereocenters. The number of fused-ring (bicyclic) bond motifs is 12. The van der Waals surface area contributed by atoms with Gasteiger partial charge in [-0.15, -0.1) is 11.8 Å². The first-order chi connectivity index (χ1) is 28.7. The number of nitrogens with one attached hydrogen (secondary N) is 1. The van der Waals surface area contributed by atoms with E-state index in [1.807, 2.05) is 36.1 Å². The predicted octanol–water partition coefficient (Wildman–Crippen LogP) is 13.9. The molecule has 1 N–H and O–H groups in total. The Hall–Kier alpha value is -6.64. The van der Waals surface area contributed by atoms with Gasteiger partial charge >= 0.3 is 0 Å². The predicted molar refractivity (Wildman–Crippen MR) is 243 cm³/mol. The number of nitriles is 2. The molecular weight excluding hydrogens is 747 g/mol. The number of rotatable bonds is 6. The monoisotopic (exact) mass is 781 g/mol. The van der Waals surface area contributed by atoms with Gasteiger partial charge in [0.25, 0.3) is 0 Å². The van der Waals surface area contributed by atoms with Crippen LogP contribution in [0.2, 0.25) is 0 Å². The zero-order valence-corrected chi connectivity index (χ0v) is 33.0. The molecule has 2 unspecified atom stereocenters. The molecule has 0 saturated carbocycles. The maximum atomic E-state index is 9.87. The van der Waals surface area contributed by atoms with E-state index in [-0.39, 0.29) is 5.92 Å². The highest BCUT2D eigenvalue weighted by Gasteiger charge is 2.27. The van der Waals surface area contributed by atoms with Crippen LogP contribution in [0.5, 0.6) is 0 Å². The smallest absolute Gasteiger partial charge is 0.0962 e. The number of H-pyrrole nitrogens is 1. The molecule has 0 radical (unpaired) electrons. The topological polar surface area (TPSA) is 73.2 Å². The fourth-order valence-corrected chi connectivity index (χ4v) is 11.1. The number of hydrogen-bond acceptors (Lipinski definition) is 4. The van der Waals surface area contributed by atoms with Crippen molar-refractivity contribution in [1.82, 2.24) is 14.1 Å². The Kier molecular flexibility index (Phi) is 8.40. The first-order valence-electron chi connectivity index (χ1n) is 19.7. The number of aromatic nitrogens is 3. The van der Waals surface area contributed by atoms with Crippen LogP contribution in [0.25, 0.3) is 76.8 Å². The molecule has 3 aromatic heterocycles. The number of para-hydroxylation sites is 3. The van der Waals surface area contributed by atoms with E-state index < -0.39 is 0 Å². The maximum absolute atomic E-state index is 9.87. The molecule has 0 fully saturated rings. The summed E-state index contributed by atoms with van der Waals surface area (Å²) in [5, 5.41) is 27.0. The summed E-state index contributed by atoms with van der Waals surface area (Å²) in [4.78, 5) is 7.19. The standard InChI is InChI=1S/C51H35N5S2/c52-30-32-11-10-13-38(29-32)57-36-25-21-34(22-26-36)56-44-19-9-6-16-41(44)48-50(56)46-39-14-4-7-17-42(39)54-49(46)47-40-15-5-8-18-43(40)55(51(47)48)35-23-27-37(28-24-35)58-45-20-3-1-2-12-33(45)31-53/h1-10,13-28,32,38,54H,11-12,29H2. The summed E-state index contributed by atoms with van der Waals surface area (Å²) in [5.74, 6) is 0.0823. The molecule has 0 saturated heterocycles. The molecule has 0 bridgehead atoms. The fraction of sp³-hybridized carbons (Fsp3) is 0.0980. The number of hydrogen-bond donors (Lipinski definition) is 1. The molecule has 2 aliphatic rings. The lowest BCUT2D eigenvalue weighted by atomic mass is 9.96. The lowest BCUT2D eigenvalue weighted by molar-refractivity contribution is 0.604. The number of thioether (sulfide) groups is 2. The first kappa shape index (κ1) is 34.6. The van der Waals surface area contributed by atoms with Crippen molar-refractivity contribution < 1.29 is 0 Å². The summed E-state index contributed by atoms with van der Waals surface area (Å²) in [6, 6.07) is 49.0. The zero-order chi connectivity index (χ0) is 38.7. The van der Waals surface area contributed by atoms with Crippen molar-refractivity contribution in [2.45, 2.75) is 34.3 Å². The van der Waals surface area contributed by atoms with E-state index in [9.17, 15) is 10.5 Å². The molecule has 0 aliphatic heterocycles. The molecule has 5 nitrogen and oxygen atoms in total. The second-order valence-electron chi connectivity index (χ2n) is 15.0. The van der Waals surface area contributed by atoms with Gasteiger partial charge in [-0.05, 0) is 85.6 Å². The molecule has 0 spiro atoms. The van der Waals surface area contributed by atoms with E-state index in [2.05, 4.69) is 160 Å². The van der Waals surface area contributed by atoms with Crippen molar-refractivity contribution in [1.29, 1.82) is 10.5 Å². The molecule has 58 heavy (non-hydrogen) atoms. The normalized spacial score (nSPS) is 16.9. The highest BCUT2D eigenvalue weighted by molar-refractivity contribution is 8.03. The van der Waals surface area contributed by atoms with Crippen LogP contribution in [0.3, 0.4) is 0 Å². The summed E-state index contributed by atoms with van der Waals surface area (Å²) >= 11 is 3.48. The van der Waals surface area contributed by atoms with Gasteiger partial charge in [-0.2, -0.15) is 10.5 Å². The Morgan fingerprint density at radius 1 is 0.638 bits per heavy atom. The molecular formula is C51H35N5S2. The van der Waals surface area contributed by atoms with Gasteiger partial charge in [-0.3, -0.25) is 0 Å². The minimum Gasteiger partial charge on any atom is -0.354 e. The van der Waals surface area contributed by atoms with E-state index in [4.69, 9.17) is 0 Å². The lowest BCUT2D eigenvalue weighted by Gasteiger charge is -2.19. The summed E-state index contributed by atoms with van der Waals surface area (Å²) in [6.07, 6.45) is 14.9. The van der Waals surface area contributed by atoms with Crippen molar-refractivity contribution in [3.63, 3.8) is 0 Å². The molecule has 3 heterocycles. The number of aromatic amines is 1. The number of allylic oxidation sites excluding steroid dienone is 6. The Bertz CT molecular complexity index is 3340. The summed E-state index contributed by atoms with van der Waals surface area (Å²) in [7, 11) is 0. The highest BCUT2D eigenvalue weighted by Crippen LogP contribution is 2.49. The van der Waals surface area contributed by atoms with Gasteiger partial charge in [-0.1, -0.05) is 96.7 Å². The SMILES string of the molecule is N#CC1=C(Sc2ccc(-n3c4ccccc4c4c5[nH]c6ccccc6c5c5c(c6ccccc6n5-c5ccc(SC6C=CCC(C#N)C6)cc5)c43)cc2)C=CC=CC1. The Labute approximate surface area is 343 Å². The molecule has 2 aliphatic carbocycles. The van der Waals surface area contributed by atoms with E-state index in [0.29, 0.717) is 11.7 Å². The quantitative estimate of drug-likeness (QED) is 0.171. The van der Waals surface area contributed by atoms with E-state index in [1.165, 1.54) is 48.2 Å². The second-order valence-corrected chi connectivity index (χ2v) is 17.4. The minimum atomic E-state index is 0.0823. The van der Waals surface area contributed by atoms with Crippen LogP contribution < -0.4 is 0 Å². The highest BCUT2D eigenvalue weighted by atomic mass is 32.2. The zero-order valence-electron chi connectivity index (χ0n) is 31.4. The Balaban J connectivity index is 1.17. The van der Waals surface area contributed by atoms with Gasteiger partial charge in [0.2, 0.25) is 0 Å². The van der Waals surface area contributed by atoms with Crippen LogP contribution in [-0.4, -0.2) is 19.4 Å². The molecule has 0 amide bonds. The van der Waals surface area contributed by atoms with Crippen molar-refractivity contribution in [3.05, 3.63) is 168 Å². The van der Waals surface area contributed by atoms with Crippen LogP contribution >= 0.6 is 23.5 Å². The average Bonchev–Trinajstić information content (AvgIpc) is 3.87. The number of benzene rings is 6. The summed E-state index contributed by atoms with van der Waals surface area (Å²) in [6.45, 7) is 0. The van der Waals surface area contributed by atoms with Crippen LogP contribution in [0.1, 0.15) is 19.3 Å². The van der Waals surface area contributed by atoms with Gasteiger partial charge in [-0.25, -0.2) is 0 Å². The maximum Gasteiger partial charge on any atom is 0.0962 e. The minimum absolute atomic E-state index is 0.0823. The second kappa shape index (κ2) is 14.1. The lowest BCUT2D eigenvalue weighted by Crippen LogP contribution is -2.11. The third kappa shape index (κ3) is 5.54. The van der Waals surface area contributed by atoms with E-state index in [1.54, 1.807) is 11.8 Å². The fourth-order valence-electron chi connectivity index (χ4n) is 9.04. The molecule has 6 aromatic carbocycles. The summed E-state index contributed by atoms with van der Waals surface area (Å²) < 4.78 is 4.91. The van der Waals surface area contributed by atoms with Crippen LogP contribution in [-0.2, 0) is 0 Å². The molecule has 9 aromatic rings. The van der Waals surface area contributed by atoms with E-state index in [0.717, 1.165) is 61.7 Å². The Morgan fingerprint density at radius 3 is 1.95 bits per heavy atom. The van der Waals surface area contributed by atoms with E-state index >= 15 is 0 Å². The summed E-state index contributed by atoms with van der Waals surface area (Å²) in [5.41, 5.74) is 9.84. The number of nitrogens with zero attached hydrogens (tertiary/aromatic N) is 4.